The van der Waals surface area contributed by atoms with Gasteiger partial charge in [-0.15, -0.1) is 0 Å². The summed E-state index contributed by atoms with van der Waals surface area (Å²) in [4.78, 5) is 28.7. The molecule has 2 aromatic heterocycles. The van der Waals surface area contributed by atoms with Crippen LogP contribution in [0, 0.1) is 23.6 Å². The molecule has 10 heteroatoms. The number of carbonyl (C=O) groups excluding carboxylic acids is 1. The van der Waals surface area contributed by atoms with Crippen molar-refractivity contribution >= 4 is 17.8 Å². The molecule has 9 nitrogen and oxygen atoms in total. The third kappa shape index (κ3) is 6.12. The Kier molecular flexibility index (Phi) is 7.48. The number of morpholine rings is 1. The molecule has 35 heavy (non-hydrogen) atoms. The molecule has 2 saturated heterocycles. The summed E-state index contributed by atoms with van der Waals surface area (Å²) in [7, 11) is 0. The predicted octanol–water partition coefficient (Wildman–Crippen LogP) is 1.62. The van der Waals surface area contributed by atoms with Crippen molar-refractivity contribution in [2.45, 2.75) is 6.42 Å². The van der Waals surface area contributed by atoms with Crippen LogP contribution in [0.1, 0.15) is 12.0 Å². The van der Waals surface area contributed by atoms with Crippen LogP contribution in [0.4, 0.5) is 10.2 Å². The summed E-state index contributed by atoms with van der Waals surface area (Å²) in [6.45, 7) is 6.67. The van der Waals surface area contributed by atoms with Crippen LogP contribution in [-0.4, -0.2) is 84.8 Å². The minimum absolute atomic E-state index is 0.106. The van der Waals surface area contributed by atoms with E-state index in [0.717, 1.165) is 57.9 Å². The number of anilines is 1. The van der Waals surface area contributed by atoms with E-state index in [1.165, 1.54) is 12.3 Å². The van der Waals surface area contributed by atoms with Gasteiger partial charge in [0.15, 0.2) is 11.6 Å². The smallest absolute Gasteiger partial charge is 0.318 e. The van der Waals surface area contributed by atoms with E-state index in [1.807, 2.05) is 17.0 Å². The number of halogens is 1. The standard InChI is InChI=1S/C25H31FN6O3/c26-22-15-29-25(35-13-10-31-8-11-34-12-9-31)30-24(22)32-16-20-19(21(20)17-32)5-7-28-23(33)4-3-18-2-1-6-27-14-18/h1-4,6,14-15,19-21H,5,7-13,16-17H2,(H,28,33)/b4-3+/t19?,20-,21+. The van der Waals surface area contributed by atoms with Crippen molar-refractivity contribution in [2.75, 3.05) is 64.0 Å². The Bertz CT molecular complexity index is 1020. The Hall–Kier alpha value is -3.11. The van der Waals surface area contributed by atoms with Crippen LogP contribution in [0.25, 0.3) is 6.08 Å². The van der Waals surface area contributed by atoms with Gasteiger partial charge in [-0.05, 0) is 41.9 Å². The number of piperidine rings is 1. The minimum atomic E-state index is -0.420. The number of amides is 1. The average Bonchev–Trinajstić information content (AvgIpc) is 3.32. The van der Waals surface area contributed by atoms with Gasteiger partial charge in [0, 0.05) is 57.7 Å². The molecule has 0 bridgehead atoms. The number of pyridine rings is 1. The maximum absolute atomic E-state index is 14.5. The first-order valence-electron chi connectivity index (χ1n) is 12.2. The quantitative estimate of drug-likeness (QED) is 0.511. The highest BCUT2D eigenvalue weighted by molar-refractivity contribution is 5.91. The Labute approximate surface area is 204 Å². The Morgan fingerprint density at radius 3 is 2.86 bits per heavy atom. The molecular formula is C25H31FN6O3. The number of ether oxygens (including phenoxy) is 2. The minimum Gasteiger partial charge on any atom is -0.462 e. The monoisotopic (exact) mass is 482 g/mol. The largest absolute Gasteiger partial charge is 0.462 e. The summed E-state index contributed by atoms with van der Waals surface area (Å²) in [6, 6.07) is 3.95. The highest BCUT2D eigenvalue weighted by atomic mass is 19.1. The number of nitrogens with zero attached hydrogens (tertiary/aromatic N) is 5. The molecule has 0 spiro atoms. The molecule has 2 aromatic rings. The normalized spacial score (nSPS) is 23.9. The van der Waals surface area contributed by atoms with Gasteiger partial charge in [-0.2, -0.15) is 4.98 Å². The van der Waals surface area contributed by atoms with E-state index >= 15 is 0 Å². The van der Waals surface area contributed by atoms with Crippen LogP contribution < -0.4 is 15.0 Å². The number of fused-ring (bicyclic) bond motifs is 1. The summed E-state index contributed by atoms with van der Waals surface area (Å²) < 4.78 is 25.5. The van der Waals surface area contributed by atoms with Crippen molar-refractivity contribution in [1.29, 1.82) is 0 Å². The van der Waals surface area contributed by atoms with Crippen LogP contribution in [0.3, 0.4) is 0 Å². The van der Waals surface area contributed by atoms with Crippen molar-refractivity contribution in [3.63, 3.8) is 0 Å². The lowest BCUT2D eigenvalue weighted by molar-refractivity contribution is -0.116. The highest BCUT2D eigenvalue weighted by Crippen LogP contribution is 2.54. The summed E-state index contributed by atoms with van der Waals surface area (Å²) in [5.74, 6) is 1.38. The summed E-state index contributed by atoms with van der Waals surface area (Å²) in [5, 5.41) is 2.95. The van der Waals surface area contributed by atoms with Gasteiger partial charge >= 0.3 is 6.01 Å². The predicted molar refractivity (Wildman–Crippen MR) is 128 cm³/mol. The molecule has 3 fully saturated rings. The van der Waals surface area contributed by atoms with E-state index in [1.54, 1.807) is 18.5 Å². The first-order valence-corrected chi connectivity index (χ1v) is 12.2. The maximum Gasteiger partial charge on any atom is 0.318 e. The van der Waals surface area contributed by atoms with E-state index in [-0.39, 0.29) is 11.9 Å². The van der Waals surface area contributed by atoms with Crippen LogP contribution in [0.2, 0.25) is 0 Å². The molecule has 3 aliphatic rings. The third-order valence-electron chi connectivity index (χ3n) is 7.01. The fraction of sp³-hybridized carbons (Fsp3) is 0.520. The first-order chi connectivity index (χ1) is 17.2. The zero-order valence-electron chi connectivity index (χ0n) is 19.7. The Morgan fingerprint density at radius 1 is 1.26 bits per heavy atom. The fourth-order valence-corrected chi connectivity index (χ4v) is 5.04. The summed E-state index contributed by atoms with van der Waals surface area (Å²) >= 11 is 0. The molecule has 1 saturated carbocycles. The fourth-order valence-electron chi connectivity index (χ4n) is 5.04. The van der Waals surface area contributed by atoms with Crippen molar-refractivity contribution < 1.29 is 18.7 Å². The number of carbonyl (C=O) groups is 1. The molecule has 5 rings (SSSR count). The Morgan fingerprint density at radius 2 is 2.09 bits per heavy atom. The van der Waals surface area contributed by atoms with Gasteiger partial charge < -0.3 is 19.7 Å². The van der Waals surface area contributed by atoms with Crippen molar-refractivity contribution in [2.24, 2.45) is 17.8 Å². The maximum atomic E-state index is 14.5. The van der Waals surface area contributed by atoms with Crippen LogP contribution in [-0.2, 0) is 9.53 Å². The second kappa shape index (κ2) is 11.1. The van der Waals surface area contributed by atoms with Gasteiger partial charge in [-0.1, -0.05) is 6.07 Å². The number of nitrogens with one attached hydrogen (secondary N) is 1. The van der Waals surface area contributed by atoms with E-state index < -0.39 is 5.82 Å². The van der Waals surface area contributed by atoms with Gasteiger partial charge in [0.05, 0.1) is 19.4 Å². The molecule has 1 N–H and O–H groups in total. The van der Waals surface area contributed by atoms with Crippen molar-refractivity contribution in [3.8, 4) is 6.01 Å². The summed E-state index contributed by atoms with van der Waals surface area (Å²) in [5.41, 5.74) is 0.891. The van der Waals surface area contributed by atoms with E-state index in [0.29, 0.717) is 36.7 Å². The topological polar surface area (TPSA) is 92.7 Å². The van der Waals surface area contributed by atoms with Gasteiger partial charge in [0.25, 0.3) is 0 Å². The zero-order valence-corrected chi connectivity index (χ0v) is 19.7. The molecule has 1 unspecified atom stereocenters. The molecule has 2 aliphatic heterocycles. The van der Waals surface area contributed by atoms with Crippen molar-refractivity contribution in [3.05, 3.63) is 48.2 Å². The lowest BCUT2D eigenvalue weighted by atomic mass is 10.2. The second-order valence-electron chi connectivity index (χ2n) is 9.22. The van der Waals surface area contributed by atoms with Crippen LogP contribution in [0.5, 0.6) is 6.01 Å². The third-order valence-corrected chi connectivity index (χ3v) is 7.01. The van der Waals surface area contributed by atoms with Crippen LogP contribution in [0.15, 0.2) is 36.8 Å². The van der Waals surface area contributed by atoms with Gasteiger partial charge in [-0.25, -0.2) is 9.37 Å². The molecule has 0 aromatic carbocycles. The van der Waals surface area contributed by atoms with Gasteiger partial charge in [0.1, 0.15) is 6.61 Å². The molecule has 3 atom stereocenters. The average molecular weight is 483 g/mol. The van der Waals surface area contributed by atoms with Gasteiger partial charge in [0.2, 0.25) is 5.91 Å². The van der Waals surface area contributed by atoms with E-state index in [4.69, 9.17) is 9.47 Å². The summed E-state index contributed by atoms with van der Waals surface area (Å²) in [6.07, 6.45) is 8.82. The van der Waals surface area contributed by atoms with Gasteiger partial charge in [-0.3, -0.25) is 14.7 Å². The molecule has 0 radical (unpaired) electrons. The first kappa shape index (κ1) is 23.6. The van der Waals surface area contributed by atoms with E-state index in [9.17, 15) is 9.18 Å². The molecular weight excluding hydrogens is 451 g/mol. The lowest BCUT2D eigenvalue weighted by Gasteiger charge is -2.26. The number of aromatic nitrogens is 3. The van der Waals surface area contributed by atoms with Crippen LogP contribution >= 0.6 is 0 Å². The highest BCUT2D eigenvalue weighted by Gasteiger charge is 2.55. The van der Waals surface area contributed by atoms with E-state index in [2.05, 4.69) is 25.2 Å². The molecule has 1 amide bonds. The Balaban J connectivity index is 1.03. The molecule has 4 heterocycles. The molecule has 1 aliphatic carbocycles. The molecule has 186 valence electrons. The number of hydrogen-bond donors (Lipinski definition) is 1. The number of hydrogen-bond acceptors (Lipinski definition) is 8. The lowest BCUT2D eigenvalue weighted by Crippen LogP contribution is -2.38. The number of rotatable bonds is 10. The zero-order chi connectivity index (χ0) is 24.0. The SMILES string of the molecule is O=C(/C=C/c1cccnc1)NCCC1[C@H]2CN(c3nc(OCCN4CCOCC4)ncc3F)C[C@@H]12. The van der Waals surface area contributed by atoms with Crippen molar-refractivity contribution in [1.82, 2.24) is 25.2 Å². The second-order valence-corrected chi connectivity index (χ2v) is 9.22.